The van der Waals surface area contributed by atoms with E-state index < -0.39 is 0 Å². The van der Waals surface area contributed by atoms with Crippen LogP contribution in [0.15, 0.2) is 24.3 Å². The number of phenols is 1. The molecule has 0 aliphatic carbocycles. The molecule has 0 saturated carbocycles. The maximum absolute atomic E-state index is 9.17. The Morgan fingerprint density at radius 1 is 1.33 bits per heavy atom. The van der Waals surface area contributed by atoms with Gasteiger partial charge in [0.15, 0.2) is 0 Å². The third-order valence-electron chi connectivity index (χ3n) is 2.25. The summed E-state index contributed by atoms with van der Waals surface area (Å²) >= 11 is 0. The summed E-state index contributed by atoms with van der Waals surface area (Å²) in [5.74, 6) is 0.227. The Balaban J connectivity index is 2.49. The minimum atomic E-state index is 0.227. The molecule has 1 heterocycles. The number of phenolic OH excluding ortho intramolecular Hbond substituents is 1. The zero-order valence-electron chi connectivity index (χ0n) is 8.38. The standard InChI is InChI=1S/C10H12N4O/c1-7-10(6-11)14(13-12-7)8-2-4-9(15)5-3-8/h2-5,15H,6,11H2,1H3. The minimum Gasteiger partial charge on any atom is -0.508 e. The molecule has 0 atom stereocenters. The van der Waals surface area contributed by atoms with Crippen molar-refractivity contribution in [2.24, 2.45) is 5.73 Å². The summed E-state index contributed by atoms with van der Waals surface area (Å²) in [6.45, 7) is 2.26. The number of nitrogens with zero attached hydrogens (tertiary/aromatic N) is 3. The number of nitrogens with two attached hydrogens (primary N) is 1. The first kappa shape index (κ1) is 9.67. The van der Waals surface area contributed by atoms with Gasteiger partial charge in [-0.25, -0.2) is 4.68 Å². The fraction of sp³-hybridized carbons (Fsp3) is 0.200. The highest BCUT2D eigenvalue weighted by atomic mass is 16.3. The molecular weight excluding hydrogens is 192 g/mol. The van der Waals surface area contributed by atoms with Gasteiger partial charge in [-0.15, -0.1) is 5.10 Å². The highest BCUT2D eigenvalue weighted by Crippen LogP contribution is 2.15. The third kappa shape index (κ3) is 1.69. The molecule has 0 amide bonds. The smallest absolute Gasteiger partial charge is 0.115 e. The highest BCUT2D eigenvalue weighted by molar-refractivity contribution is 5.37. The molecule has 0 bridgehead atoms. The number of aromatic hydroxyl groups is 1. The second kappa shape index (κ2) is 3.70. The molecule has 78 valence electrons. The van der Waals surface area contributed by atoms with Crippen molar-refractivity contribution in [1.82, 2.24) is 15.0 Å². The van der Waals surface area contributed by atoms with Crippen LogP contribution in [0.2, 0.25) is 0 Å². The summed E-state index contributed by atoms with van der Waals surface area (Å²) in [5, 5.41) is 17.1. The van der Waals surface area contributed by atoms with Crippen molar-refractivity contribution < 1.29 is 5.11 Å². The topological polar surface area (TPSA) is 77.0 Å². The van der Waals surface area contributed by atoms with E-state index in [0.717, 1.165) is 17.1 Å². The quantitative estimate of drug-likeness (QED) is 0.756. The first-order valence-corrected chi connectivity index (χ1v) is 4.63. The summed E-state index contributed by atoms with van der Waals surface area (Å²) in [6.07, 6.45) is 0. The van der Waals surface area contributed by atoms with Gasteiger partial charge in [0.1, 0.15) is 5.75 Å². The number of benzene rings is 1. The van der Waals surface area contributed by atoms with E-state index in [1.807, 2.05) is 6.92 Å². The van der Waals surface area contributed by atoms with E-state index >= 15 is 0 Å². The van der Waals surface area contributed by atoms with Gasteiger partial charge < -0.3 is 10.8 Å². The van der Waals surface area contributed by atoms with E-state index in [9.17, 15) is 0 Å². The van der Waals surface area contributed by atoms with Gasteiger partial charge in [0, 0.05) is 6.54 Å². The Kier molecular flexibility index (Phi) is 2.39. The molecule has 0 unspecified atom stereocenters. The minimum absolute atomic E-state index is 0.227. The van der Waals surface area contributed by atoms with Gasteiger partial charge in [-0.1, -0.05) is 5.21 Å². The Morgan fingerprint density at radius 2 is 2.00 bits per heavy atom. The Bertz CT molecular complexity index is 461. The maximum atomic E-state index is 9.17. The molecule has 0 radical (unpaired) electrons. The fourth-order valence-electron chi connectivity index (χ4n) is 1.41. The average Bonchev–Trinajstić information content (AvgIpc) is 2.61. The van der Waals surface area contributed by atoms with Gasteiger partial charge in [0.05, 0.1) is 17.1 Å². The molecule has 2 rings (SSSR count). The number of aromatic nitrogens is 3. The lowest BCUT2D eigenvalue weighted by atomic mass is 10.3. The summed E-state index contributed by atoms with van der Waals surface area (Å²) < 4.78 is 1.68. The van der Waals surface area contributed by atoms with Crippen molar-refractivity contribution in [2.75, 3.05) is 0 Å². The van der Waals surface area contributed by atoms with E-state index in [2.05, 4.69) is 10.3 Å². The predicted molar refractivity (Wildman–Crippen MR) is 55.7 cm³/mol. The van der Waals surface area contributed by atoms with Gasteiger partial charge in [0.25, 0.3) is 0 Å². The molecule has 3 N–H and O–H groups in total. The molecule has 5 nitrogen and oxygen atoms in total. The normalized spacial score (nSPS) is 10.5. The lowest BCUT2D eigenvalue weighted by Crippen LogP contribution is -2.07. The molecule has 1 aromatic carbocycles. The van der Waals surface area contributed by atoms with Crippen LogP contribution < -0.4 is 5.73 Å². The number of aryl methyl sites for hydroxylation is 1. The first-order chi connectivity index (χ1) is 7.22. The van der Waals surface area contributed by atoms with Crippen LogP contribution in [0.3, 0.4) is 0 Å². The Morgan fingerprint density at radius 3 is 2.60 bits per heavy atom. The second-order valence-corrected chi connectivity index (χ2v) is 3.25. The summed E-state index contributed by atoms with van der Waals surface area (Å²) in [6, 6.07) is 6.74. The van der Waals surface area contributed by atoms with Gasteiger partial charge in [0.2, 0.25) is 0 Å². The monoisotopic (exact) mass is 204 g/mol. The Labute approximate surface area is 87.1 Å². The molecule has 2 aromatic rings. The lowest BCUT2D eigenvalue weighted by molar-refractivity contribution is 0.475. The molecule has 5 heteroatoms. The molecule has 0 saturated heterocycles. The van der Waals surface area contributed by atoms with Crippen molar-refractivity contribution >= 4 is 0 Å². The number of rotatable bonds is 2. The SMILES string of the molecule is Cc1nnn(-c2ccc(O)cc2)c1CN. The van der Waals surface area contributed by atoms with Crippen molar-refractivity contribution in [3.05, 3.63) is 35.7 Å². The van der Waals surface area contributed by atoms with Crippen molar-refractivity contribution in [3.63, 3.8) is 0 Å². The summed E-state index contributed by atoms with van der Waals surface area (Å²) in [4.78, 5) is 0. The largest absolute Gasteiger partial charge is 0.508 e. The zero-order chi connectivity index (χ0) is 10.8. The zero-order valence-corrected chi connectivity index (χ0v) is 8.38. The van der Waals surface area contributed by atoms with Crippen LogP contribution in [-0.2, 0) is 6.54 Å². The average molecular weight is 204 g/mol. The van der Waals surface area contributed by atoms with Crippen LogP contribution in [0.1, 0.15) is 11.4 Å². The van der Waals surface area contributed by atoms with Gasteiger partial charge in [-0.3, -0.25) is 0 Å². The van der Waals surface area contributed by atoms with Gasteiger partial charge >= 0.3 is 0 Å². The van der Waals surface area contributed by atoms with E-state index in [1.165, 1.54) is 0 Å². The molecule has 15 heavy (non-hydrogen) atoms. The van der Waals surface area contributed by atoms with Crippen LogP contribution in [-0.4, -0.2) is 20.1 Å². The maximum Gasteiger partial charge on any atom is 0.115 e. The second-order valence-electron chi connectivity index (χ2n) is 3.25. The van der Waals surface area contributed by atoms with Crippen LogP contribution >= 0.6 is 0 Å². The molecule has 0 fully saturated rings. The first-order valence-electron chi connectivity index (χ1n) is 4.63. The molecule has 0 aliphatic heterocycles. The Hall–Kier alpha value is -1.88. The third-order valence-corrected chi connectivity index (χ3v) is 2.25. The molecular formula is C10H12N4O. The van der Waals surface area contributed by atoms with E-state index in [-0.39, 0.29) is 5.75 Å². The molecule has 0 spiro atoms. The van der Waals surface area contributed by atoms with Crippen LogP contribution in [0.25, 0.3) is 5.69 Å². The lowest BCUT2D eigenvalue weighted by Gasteiger charge is -2.04. The van der Waals surface area contributed by atoms with Crippen LogP contribution in [0.5, 0.6) is 5.75 Å². The molecule has 1 aromatic heterocycles. The summed E-state index contributed by atoms with van der Waals surface area (Å²) in [5.41, 5.74) is 8.15. The highest BCUT2D eigenvalue weighted by Gasteiger charge is 2.08. The summed E-state index contributed by atoms with van der Waals surface area (Å²) in [7, 11) is 0. The number of hydrogen-bond donors (Lipinski definition) is 2. The van der Waals surface area contributed by atoms with Gasteiger partial charge in [-0.05, 0) is 31.2 Å². The number of hydrogen-bond acceptors (Lipinski definition) is 4. The van der Waals surface area contributed by atoms with Crippen LogP contribution in [0.4, 0.5) is 0 Å². The van der Waals surface area contributed by atoms with E-state index in [0.29, 0.717) is 6.54 Å². The van der Waals surface area contributed by atoms with Crippen molar-refractivity contribution in [2.45, 2.75) is 13.5 Å². The van der Waals surface area contributed by atoms with E-state index in [4.69, 9.17) is 10.8 Å². The van der Waals surface area contributed by atoms with Gasteiger partial charge in [-0.2, -0.15) is 0 Å². The fourth-order valence-corrected chi connectivity index (χ4v) is 1.41. The van der Waals surface area contributed by atoms with Crippen molar-refractivity contribution in [3.8, 4) is 11.4 Å². The van der Waals surface area contributed by atoms with E-state index in [1.54, 1.807) is 28.9 Å². The van der Waals surface area contributed by atoms with Crippen molar-refractivity contribution in [1.29, 1.82) is 0 Å². The van der Waals surface area contributed by atoms with Crippen LogP contribution in [0, 0.1) is 6.92 Å². The predicted octanol–water partition coefficient (Wildman–Crippen LogP) is 0.740. The molecule has 0 aliphatic rings.